The maximum atomic E-state index is 5.36. The number of nitrogens with one attached hydrogen (secondary N) is 1. The molecule has 96 valence electrons. The first-order valence-electron chi connectivity index (χ1n) is 6.07. The molecule has 1 aromatic heterocycles. The third kappa shape index (κ3) is 2.83. The van der Waals surface area contributed by atoms with Crippen LogP contribution in [-0.2, 0) is 13.5 Å². The van der Waals surface area contributed by atoms with E-state index in [2.05, 4.69) is 23.4 Å². The lowest BCUT2D eigenvalue weighted by Gasteiger charge is -2.16. The van der Waals surface area contributed by atoms with Crippen molar-refractivity contribution in [3.05, 3.63) is 42.1 Å². The van der Waals surface area contributed by atoms with E-state index in [1.807, 2.05) is 36.0 Å². The molecule has 0 saturated heterocycles. The Hall–Kier alpha value is -1.97. The molecule has 0 aliphatic heterocycles. The summed E-state index contributed by atoms with van der Waals surface area (Å²) in [5.74, 6) is 1.97. The van der Waals surface area contributed by atoms with Crippen molar-refractivity contribution in [2.75, 3.05) is 12.4 Å². The summed E-state index contributed by atoms with van der Waals surface area (Å²) in [5.41, 5.74) is 1.21. The molecule has 0 saturated carbocycles. The predicted molar refractivity (Wildman–Crippen MR) is 73.0 cm³/mol. The van der Waals surface area contributed by atoms with Crippen molar-refractivity contribution in [2.45, 2.75) is 19.4 Å². The van der Waals surface area contributed by atoms with Crippen LogP contribution in [0.15, 0.2) is 36.5 Å². The topological polar surface area (TPSA) is 39.1 Å². The molecule has 1 atom stereocenters. The number of para-hydroxylation sites is 1. The van der Waals surface area contributed by atoms with Crippen molar-refractivity contribution in [1.82, 2.24) is 9.78 Å². The number of aryl methyl sites for hydroxylation is 1. The number of methoxy groups -OCH3 is 1. The van der Waals surface area contributed by atoms with E-state index in [1.165, 1.54) is 5.56 Å². The number of ether oxygens (including phenoxy) is 1. The Bertz CT molecular complexity index is 507. The molecule has 0 aliphatic carbocycles. The molecule has 4 heteroatoms. The number of hydrogen-bond acceptors (Lipinski definition) is 3. The van der Waals surface area contributed by atoms with E-state index in [0.717, 1.165) is 18.0 Å². The average Bonchev–Trinajstić information content (AvgIpc) is 2.75. The van der Waals surface area contributed by atoms with E-state index in [4.69, 9.17) is 4.74 Å². The first-order valence-corrected chi connectivity index (χ1v) is 6.07. The van der Waals surface area contributed by atoms with Crippen molar-refractivity contribution in [3.8, 4) is 5.75 Å². The molecule has 1 aromatic carbocycles. The lowest BCUT2D eigenvalue weighted by Crippen LogP contribution is -2.20. The molecule has 1 heterocycles. The first kappa shape index (κ1) is 12.5. The Morgan fingerprint density at radius 3 is 2.78 bits per heavy atom. The summed E-state index contributed by atoms with van der Waals surface area (Å²) >= 11 is 0. The molecular weight excluding hydrogens is 226 g/mol. The number of hydrogen-bond donors (Lipinski definition) is 1. The molecule has 2 aromatic rings. The summed E-state index contributed by atoms with van der Waals surface area (Å²) in [5, 5.41) is 7.57. The van der Waals surface area contributed by atoms with Crippen molar-refractivity contribution >= 4 is 5.82 Å². The molecule has 0 unspecified atom stereocenters. The SMILES string of the molecule is COc1ccccc1C[C@H](C)Nc1ccnn1C. The largest absolute Gasteiger partial charge is 0.496 e. The first-order chi connectivity index (χ1) is 8.70. The minimum atomic E-state index is 0.316. The fourth-order valence-electron chi connectivity index (χ4n) is 2.02. The van der Waals surface area contributed by atoms with Crippen LogP contribution in [0.4, 0.5) is 5.82 Å². The second kappa shape index (κ2) is 5.58. The highest BCUT2D eigenvalue weighted by molar-refractivity contribution is 5.38. The maximum absolute atomic E-state index is 5.36. The zero-order chi connectivity index (χ0) is 13.0. The van der Waals surface area contributed by atoms with Gasteiger partial charge in [-0.1, -0.05) is 18.2 Å². The predicted octanol–water partition coefficient (Wildman–Crippen LogP) is 2.47. The van der Waals surface area contributed by atoms with E-state index in [1.54, 1.807) is 13.3 Å². The van der Waals surface area contributed by atoms with Gasteiger partial charge < -0.3 is 10.1 Å². The Labute approximate surface area is 108 Å². The second-order valence-corrected chi connectivity index (χ2v) is 4.40. The Morgan fingerprint density at radius 2 is 2.11 bits per heavy atom. The minimum absolute atomic E-state index is 0.316. The van der Waals surface area contributed by atoms with E-state index in [0.29, 0.717) is 6.04 Å². The number of nitrogens with zero attached hydrogens (tertiary/aromatic N) is 2. The molecule has 2 rings (SSSR count). The molecule has 0 aliphatic rings. The van der Waals surface area contributed by atoms with Crippen molar-refractivity contribution < 1.29 is 4.74 Å². The van der Waals surface area contributed by atoms with Crippen LogP contribution >= 0.6 is 0 Å². The molecule has 0 amide bonds. The number of aromatic nitrogens is 2. The molecule has 0 fully saturated rings. The highest BCUT2D eigenvalue weighted by Crippen LogP contribution is 2.20. The van der Waals surface area contributed by atoms with Gasteiger partial charge in [0.15, 0.2) is 0 Å². The number of benzene rings is 1. The monoisotopic (exact) mass is 245 g/mol. The average molecular weight is 245 g/mol. The van der Waals surface area contributed by atoms with Gasteiger partial charge in [0.2, 0.25) is 0 Å². The summed E-state index contributed by atoms with van der Waals surface area (Å²) in [6.45, 7) is 2.15. The van der Waals surface area contributed by atoms with Crippen LogP contribution < -0.4 is 10.1 Å². The van der Waals surface area contributed by atoms with Crippen LogP contribution in [0, 0.1) is 0 Å². The van der Waals surface area contributed by atoms with Gasteiger partial charge in [-0.2, -0.15) is 5.10 Å². The zero-order valence-corrected chi connectivity index (χ0v) is 11.1. The van der Waals surface area contributed by atoms with Gasteiger partial charge in [-0.25, -0.2) is 0 Å². The van der Waals surface area contributed by atoms with E-state index in [9.17, 15) is 0 Å². The molecular formula is C14H19N3O. The van der Waals surface area contributed by atoms with E-state index >= 15 is 0 Å². The second-order valence-electron chi connectivity index (χ2n) is 4.40. The molecule has 4 nitrogen and oxygen atoms in total. The van der Waals surface area contributed by atoms with Crippen molar-refractivity contribution in [2.24, 2.45) is 7.05 Å². The Kier molecular flexibility index (Phi) is 3.87. The summed E-state index contributed by atoms with van der Waals surface area (Å²) in [4.78, 5) is 0. The van der Waals surface area contributed by atoms with Crippen LogP contribution in [-0.4, -0.2) is 22.9 Å². The van der Waals surface area contributed by atoms with Gasteiger partial charge in [0.05, 0.1) is 13.3 Å². The fourth-order valence-corrected chi connectivity index (χ4v) is 2.02. The molecule has 0 spiro atoms. The highest BCUT2D eigenvalue weighted by atomic mass is 16.5. The van der Waals surface area contributed by atoms with Gasteiger partial charge in [0.25, 0.3) is 0 Å². The van der Waals surface area contributed by atoms with E-state index in [-0.39, 0.29) is 0 Å². The third-order valence-corrected chi connectivity index (χ3v) is 2.93. The number of anilines is 1. The van der Waals surface area contributed by atoms with Crippen molar-refractivity contribution in [1.29, 1.82) is 0 Å². The Morgan fingerprint density at radius 1 is 1.33 bits per heavy atom. The normalized spacial score (nSPS) is 12.2. The van der Waals surface area contributed by atoms with Gasteiger partial charge in [-0.15, -0.1) is 0 Å². The Balaban J connectivity index is 2.03. The standard InChI is InChI=1S/C14H19N3O/c1-11(16-14-8-9-15-17(14)2)10-12-6-4-5-7-13(12)18-3/h4-9,11,16H,10H2,1-3H3/t11-/m0/s1. The van der Waals surface area contributed by atoms with Crippen molar-refractivity contribution in [3.63, 3.8) is 0 Å². The summed E-state index contributed by atoms with van der Waals surface area (Å²) in [7, 11) is 3.64. The maximum Gasteiger partial charge on any atom is 0.124 e. The van der Waals surface area contributed by atoms with Gasteiger partial charge >= 0.3 is 0 Å². The molecule has 0 radical (unpaired) electrons. The fraction of sp³-hybridized carbons (Fsp3) is 0.357. The lowest BCUT2D eigenvalue weighted by atomic mass is 10.1. The van der Waals surface area contributed by atoms with Gasteiger partial charge in [-0.05, 0) is 25.0 Å². The molecule has 1 N–H and O–H groups in total. The van der Waals surface area contributed by atoms with Gasteiger partial charge in [0.1, 0.15) is 11.6 Å². The van der Waals surface area contributed by atoms with Crippen LogP contribution in [0.2, 0.25) is 0 Å². The summed E-state index contributed by atoms with van der Waals surface area (Å²) in [6.07, 6.45) is 2.70. The van der Waals surface area contributed by atoms with Crippen LogP contribution in [0.5, 0.6) is 5.75 Å². The highest BCUT2D eigenvalue weighted by Gasteiger charge is 2.09. The lowest BCUT2D eigenvalue weighted by molar-refractivity contribution is 0.409. The van der Waals surface area contributed by atoms with Crippen LogP contribution in [0.25, 0.3) is 0 Å². The molecule has 0 bridgehead atoms. The van der Waals surface area contributed by atoms with Crippen LogP contribution in [0.3, 0.4) is 0 Å². The minimum Gasteiger partial charge on any atom is -0.496 e. The van der Waals surface area contributed by atoms with Gasteiger partial charge in [0, 0.05) is 19.2 Å². The van der Waals surface area contributed by atoms with E-state index < -0.39 is 0 Å². The summed E-state index contributed by atoms with van der Waals surface area (Å²) < 4.78 is 7.19. The molecule has 18 heavy (non-hydrogen) atoms. The number of rotatable bonds is 5. The summed E-state index contributed by atoms with van der Waals surface area (Å²) in [6, 6.07) is 10.4. The zero-order valence-electron chi connectivity index (χ0n) is 11.1. The van der Waals surface area contributed by atoms with Crippen LogP contribution in [0.1, 0.15) is 12.5 Å². The van der Waals surface area contributed by atoms with Gasteiger partial charge in [-0.3, -0.25) is 4.68 Å². The smallest absolute Gasteiger partial charge is 0.124 e. The quantitative estimate of drug-likeness (QED) is 0.879. The third-order valence-electron chi connectivity index (χ3n) is 2.93.